The predicted octanol–water partition coefficient (Wildman–Crippen LogP) is 3.63. The van der Waals surface area contributed by atoms with E-state index in [0.29, 0.717) is 16.9 Å². The smallest absolute Gasteiger partial charge is 0.251 e. The van der Waals surface area contributed by atoms with Gasteiger partial charge in [0.1, 0.15) is 16.9 Å². The molecule has 0 spiro atoms. The lowest BCUT2D eigenvalue weighted by Crippen LogP contribution is -2.38. The summed E-state index contributed by atoms with van der Waals surface area (Å²) in [5.74, 6) is 0.222. The molecule has 0 aliphatic heterocycles. The van der Waals surface area contributed by atoms with Gasteiger partial charge in [0.25, 0.3) is 5.91 Å². The fourth-order valence-electron chi connectivity index (χ4n) is 2.58. The first-order valence-electron chi connectivity index (χ1n) is 8.08. The third-order valence-electron chi connectivity index (χ3n) is 4.17. The molecule has 0 aliphatic rings. The number of furan rings is 1. The van der Waals surface area contributed by atoms with Crippen molar-refractivity contribution in [3.05, 3.63) is 71.5 Å². The Bertz CT molecular complexity index is 814. The maximum Gasteiger partial charge on any atom is 0.251 e. The minimum atomic E-state index is -1.28. The quantitative estimate of drug-likeness (QED) is 0.753. The fraction of sp³-hybridized carbons (Fsp3) is 0.250. The van der Waals surface area contributed by atoms with Gasteiger partial charge in [-0.1, -0.05) is 37.3 Å². The van der Waals surface area contributed by atoms with Gasteiger partial charge in [-0.3, -0.25) is 4.79 Å². The predicted molar refractivity (Wildman–Crippen MR) is 93.9 cm³/mol. The van der Waals surface area contributed by atoms with Crippen LogP contribution in [0.25, 0.3) is 11.0 Å². The lowest BCUT2D eigenvalue weighted by atomic mass is 10.0. The fourth-order valence-corrected chi connectivity index (χ4v) is 2.58. The normalized spacial score (nSPS) is 13.6. The van der Waals surface area contributed by atoms with Crippen LogP contribution in [-0.2, 0) is 12.0 Å². The third-order valence-corrected chi connectivity index (χ3v) is 4.17. The number of fused-ring (bicyclic) bond motifs is 1. The summed E-state index contributed by atoms with van der Waals surface area (Å²) < 4.78 is 5.70. The van der Waals surface area contributed by atoms with Crippen molar-refractivity contribution in [3.63, 3.8) is 0 Å². The summed E-state index contributed by atoms with van der Waals surface area (Å²) in [4.78, 5) is 12.2. The van der Waals surface area contributed by atoms with E-state index in [1.165, 1.54) is 5.56 Å². The molecule has 3 rings (SSSR count). The number of rotatable bonds is 5. The zero-order valence-electron chi connectivity index (χ0n) is 13.9. The Hall–Kier alpha value is -2.59. The van der Waals surface area contributed by atoms with Gasteiger partial charge in [0.2, 0.25) is 0 Å². The summed E-state index contributed by atoms with van der Waals surface area (Å²) in [6.45, 7) is 3.77. The van der Waals surface area contributed by atoms with Gasteiger partial charge < -0.3 is 14.8 Å². The first-order valence-corrected chi connectivity index (χ1v) is 8.08. The average molecular weight is 323 g/mol. The molecule has 0 aliphatic carbocycles. The van der Waals surface area contributed by atoms with E-state index in [4.69, 9.17) is 4.42 Å². The van der Waals surface area contributed by atoms with E-state index in [9.17, 15) is 9.90 Å². The summed E-state index contributed by atoms with van der Waals surface area (Å²) in [6.07, 6.45) is 0.933. The maximum atomic E-state index is 12.2. The zero-order valence-corrected chi connectivity index (χ0v) is 13.9. The number of benzene rings is 2. The van der Waals surface area contributed by atoms with Crippen molar-refractivity contribution < 1.29 is 14.3 Å². The van der Waals surface area contributed by atoms with Crippen molar-refractivity contribution in [2.45, 2.75) is 25.9 Å². The highest BCUT2D eigenvalue weighted by Gasteiger charge is 2.28. The summed E-state index contributed by atoms with van der Waals surface area (Å²) in [7, 11) is 0. The molecular formula is C20H21NO3. The molecule has 124 valence electrons. The maximum absolute atomic E-state index is 12.2. The van der Waals surface area contributed by atoms with Crippen molar-refractivity contribution in [2.75, 3.05) is 6.54 Å². The van der Waals surface area contributed by atoms with E-state index in [1.54, 1.807) is 25.1 Å². The van der Waals surface area contributed by atoms with Gasteiger partial charge in [0, 0.05) is 10.9 Å². The molecule has 4 nitrogen and oxygen atoms in total. The van der Waals surface area contributed by atoms with Crippen molar-refractivity contribution in [3.8, 4) is 0 Å². The molecule has 1 aromatic heterocycles. The topological polar surface area (TPSA) is 62.5 Å². The molecule has 0 saturated carbocycles. The molecule has 0 fully saturated rings. The number of para-hydroxylation sites is 1. The van der Waals surface area contributed by atoms with Gasteiger partial charge in [0.05, 0.1) is 6.54 Å². The van der Waals surface area contributed by atoms with Crippen LogP contribution in [0.15, 0.2) is 59.0 Å². The molecule has 2 aromatic carbocycles. The number of nitrogens with one attached hydrogen (secondary N) is 1. The molecule has 4 heteroatoms. The van der Waals surface area contributed by atoms with Crippen molar-refractivity contribution in [1.29, 1.82) is 0 Å². The Balaban J connectivity index is 1.70. The van der Waals surface area contributed by atoms with Crippen LogP contribution in [0.4, 0.5) is 0 Å². The molecule has 0 bridgehead atoms. The van der Waals surface area contributed by atoms with E-state index in [1.807, 2.05) is 36.4 Å². The second-order valence-corrected chi connectivity index (χ2v) is 6.16. The molecule has 1 heterocycles. The number of hydrogen-bond donors (Lipinski definition) is 2. The van der Waals surface area contributed by atoms with Gasteiger partial charge >= 0.3 is 0 Å². The monoisotopic (exact) mass is 323 g/mol. The van der Waals surface area contributed by atoms with Crippen LogP contribution in [0.5, 0.6) is 0 Å². The van der Waals surface area contributed by atoms with Gasteiger partial charge in [-0.05, 0) is 43.2 Å². The molecule has 1 atom stereocenters. The molecule has 0 radical (unpaired) electrons. The van der Waals surface area contributed by atoms with Crippen LogP contribution in [0, 0.1) is 0 Å². The van der Waals surface area contributed by atoms with Crippen molar-refractivity contribution >= 4 is 16.9 Å². The van der Waals surface area contributed by atoms with Gasteiger partial charge in [0.15, 0.2) is 0 Å². The number of aryl methyl sites for hydroxylation is 1. The first-order chi connectivity index (χ1) is 11.5. The lowest BCUT2D eigenvalue weighted by Gasteiger charge is -2.21. The van der Waals surface area contributed by atoms with E-state index >= 15 is 0 Å². The Morgan fingerprint density at radius 1 is 1.17 bits per heavy atom. The standard InChI is InChI=1S/C20H21NO3/c1-3-14-8-10-15(11-9-14)19(22)21-13-20(2,23)18-12-16-6-4-5-7-17(16)24-18/h4-12,23H,3,13H2,1-2H3,(H,21,22). The van der Waals surface area contributed by atoms with Crippen LogP contribution in [0.2, 0.25) is 0 Å². The molecular weight excluding hydrogens is 302 g/mol. The van der Waals surface area contributed by atoms with E-state index in [0.717, 1.165) is 11.8 Å². The highest BCUT2D eigenvalue weighted by molar-refractivity contribution is 5.94. The number of hydrogen-bond acceptors (Lipinski definition) is 3. The SMILES string of the molecule is CCc1ccc(C(=O)NCC(C)(O)c2cc3ccccc3o2)cc1. The van der Waals surface area contributed by atoms with Crippen LogP contribution in [0.3, 0.4) is 0 Å². The summed E-state index contributed by atoms with van der Waals surface area (Å²) >= 11 is 0. The number of amides is 1. The highest BCUT2D eigenvalue weighted by atomic mass is 16.4. The minimum absolute atomic E-state index is 0.0706. The van der Waals surface area contributed by atoms with E-state index in [2.05, 4.69) is 12.2 Å². The van der Waals surface area contributed by atoms with Gasteiger partial charge in [-0.25, -0.2) is 0 Å². The van der Waals surface area contributed by atoms with Crippen LogP contribution < -0.4 is 5.32 Å². The minimum Gasteiger partial charge on any atom is -0.458 e. The number of aliphatic hydroxyl groups is 1. The second kappa shape index (κ2) is 6.49. The Morgan fingerprint density at radius 2 is 1.88 bits per heavy atom. The van der Waals surface area contributed by atoms with E-state index in [-0.39, 0.29) is 12.5 Å². The van der Waals surface area contributed by atoms with Gasteiger partial charge in [-0.15, -0.1) is 0 Å². The molecule has 0 saturated heterocycles. The third kappa shape index (κ3) is 3.34. The van der Waals surface area contributed by atoms with Crippen LogP contribution >= 0.6 is 0 Å². The average Bonchev–Trinajstić information content (AvgIpc) is 3.05. The van der Waals surface area contributed by atoms with Crippen LogP contribution in [-0.4, -0.2) is 17.6 Å². The number of carbonyl (C=O) groups excluding carboxylic acids is 1. The highest BCUT2D eigenvalue weighted by Crippen LogP contribution is 2.27. The molecule has 1 amide bonds. The second-order valence-electron chi connectivity index (χ2n) is 6.16. The Kier molecular flexibility index (Phi) is 4.40. The van der Waals surface area contributed by atoms with Crippen molar-refractivity contribution in [1.82, 2.24) is 5.32 Å². The van der Waals surface area contributed by atoms with Crippen molar-refractivity contribution in [2.24, 2.45) is 0 Å². The summed E-state index contributed by atoms with van der Waals surface area (Å²) in [6, 6.07) is 16.8. The molecule has 2 N–H and O–H groups in total. The van der Waals surface area contributed by atoms with Crippen LogP contribution in [0.1, 0.15) is 35.5 Å². The summed E-state index contributed by atoms with van der Waals surface area (Å²) in [5.41, 5.74) is 1.19. The Labute approximate surface area is 141 Å². The first kappa shape index (κ1) is 16.3. The number of carbonyl (C=O) groups is 1. The largest absolute Gasteiger partial charge is 0.458 e. The molecule has 24 heavy (non-hydrogen) atoms. The summed E-state index contributed by atoms with van der Waals surface area (Å²) in [5, 5.41) is 14.4. The van der Waals surface area contributed by atoms with E-state index < -0.39 is 5.60 Å². The zero-order chi connectivity index (χ0) is 17.2. The molecule has 1 unspecified atom stereocenters. The lowest BCUT2D eigenvalue weighted by molar-refractivity contribution is 0.0344. The molecule has 3 aromatic rings. The Morgan fingerprint density at radius 3 is 2.54 bits per heavy atom. The van der Waals surface area contributed by atoms with Gasteiger partial charge in [-0.2, -0.15) is 0 Å².